The van der Waals surface area contributed by atoms with E-state index in [0.717, 1.165) is 62.4 Å². The molecule has 2 aliphatic rings. The summed E-state index contributed by atoms with van der Waals surface area (Å²) in [5, 5.41) is 1.13. The molecule has 1 amide bonds. The molecule has 1 aromatic heterocycles. The molecular formula is C21H29N5O. The third kappa shape index (κ3) is 3.90. The molecule has 2 aliphatic heterocycles. The lowest BCUT2D eigenvalue weighted by Gasteiger charge is -2.40. The van der Waals surface area contributed by atoms with E-state index in [0.29, 0.717) is 24.3 Å². The number of piperazine rings is 1. The minimum Gasteiger partial charge on any atom is -0.353 e. The Kier molecular flexibility index (Phi) is 5.25. The van der Waals surface area contributed by atoms with E-state index in [9.17, 15) is 4.79 Å². The molecule has 0 aliphatic carbocycles. The smallest absolute Gasteiger partial charge is 0.222 e. The van der Waals surface area contributed by atoms with Gasteiger partial charge in [0.1, 0.15) is 12.1 Å². The number of carbonyl (C=O) groups is 1. The molecule has 0 radical (unpaired) electrons. The van der Waals surface area contributed by atoms with Gasteiger partial charge in [-0.15, -0.1) is 0 Å². The summed E-state index contributed by atoms with van der Waals surface area (Å²) in [7, 11) is 0. The molecule has 0 saturated carbocycles. The quantitative estimate of drug-likeness (QED) is 0.831. The van der Waals surface area contributed by atoms with Crippen LogP contribution in [0.25, 0.3) is 10.9 Å². The lowest BCUT2D eigenvalue weighted by Crippen LogP contribution is -2.51. The van der Waals surface area contributed by atoms with E-state index in [1.807, 2.05) is 12.1 Å². The zero-order chi connectivity index (χ0) is 18.8. The first-order chi connectivity index (χ1) is 13.1. The Morgan fingerprint density at radius 3 is 2.67 bits per heavy atom. The number of nitrogens with zero attached hydrogens (tertiary/aromatic N) is 5. The van der Waals surface area contributed by atoms with Crippen LogP contribution < -0.4 is 4.90 Å². The number of benzene rings is 1. The molecule has 0 N–H and O–H groups in total. The Balaban J connectivity index is 1.36. The van der Waals surface area contributed by atoms with Gasteiger partial charge in [0, 0.05) is 57.1 Å². The van der Waals surface area contributed by atoms with Gasteiger partial charge in [0.05, 0.1) is 5.52 Å². The van der Waals surface area contributed by atoms with Crippen LogP contribution in [0.2, 0.25) is 0 Å². The van der Waals surface area contributed by atoms with Crippen molar-refractivity contribution >= 4 is 22.6 Å². The Bertz CT molecular complexity index is 795. The summed E-state index contributed by atoms with van der Waals surface area (Å²) in [6, 6.07) is 8.53. The average Bonchev–Trinajstić information content (AvgIpc) is 2.69. The number of anilines is 1. The molecule has 27 heavy (non-hydrogen) atoms. The van der Waals surface area contributed by atoms with E-state index < -0.39 is 0 Å². The standard InChI is InChI=1S/C21H29N5O/c1-16(2)26-14-17(7-8-20(26)27)13-24-9-11-25(12-10-24)21-18-5-3-4-6-19(18)22-15-23-21/h3-6,15-17H,7-14H2,1-2H3. The van der Waals surface area contributed by atoms with Gasteiger partial charge in [0.2, 0.25) is 5.91 Å². The van der Waals surface area contributed by atoms with Crippen LogP contribution >= 0.6 is 0 Å². The van der Waals surface area contributed by atoms with Crippen molar-refractivity contribution in [3.05, 3.63) is 30.6 Å². The summed E-state index contributed by atoms with van der Waals surface area (Å²) in [5.41, 5.74) is 1.01. The molecule has 0 bridgehead atoms. The number of piperidine rings is 1. The summed E-state index contributed by atoms with van der Waals surface area (Å²) in [4.78, 5) is 28.0. The summed E-state index contributed by atoms with van der Waals surface area (Å²) >= 11 is 0. The minimum absolute atomic E-state index is 0.309. The van der Waals surface area contributed by atoms with Gasteiger partial charge >= 0.3 is 0 Å². The highest BCUT2D eigenvalue weighted by Gasteiger charge is 2.29. The van der Waals surface area contributed by atoms with Gasteiger partial charge in [-0.2, -0.15) is 0 Å². The highest BCUT2D eigenvalue weighted by atomic mass is 16.2. The Morgan fingerprint density at radius 1 is 1.11 bits per heavy atom. The van der Waals surface area contributed by atoms with Crippen LogP contribution in [0.1, 0.15) is 26.7 Å². The van der Waals surface area contributed by atoms with Gasteiger partial charge in [-0.25, -0.2) is 9.97 Å². The molecule has 1 aromatic carbocycles. The number of likely N-dealkylation sites (tertiary alicyclic amines) is 1. The minimum atomic E-state index is 0.309. The molecule has 0 spiro atoms. The second-order valence-corrected chi connectivity index (χ2v) is 8.05. The van der Waals surface area contributed by atoms with Gasteiger partial charge in [-0.1, -0.05) is 12.1 Å². The third-order valence-corrected chi connectivity index (χ3v) is 5.88. The lowest BCUT2D eigenvalue weighted by molar-refractivity contribution is -0.137. The van der Waals surface area contributed by atoms with Crippen LogP contribution in [0, 0.1) is 5.92 Å². The van der Waals surface area contributed by atoms with Gasteiger partial charge in [-0.05, 0) is 38.3 Å². The Hall–Kier alpha value is -2.21. The fourth-order valence-corrected chi connectivity index (χ4v) is 4.34. The molecule has 2 saturated heterocycles. The fraction of sp³-hybridized carbons (Fsp3) is 0.571. The average molecular weight is 367 g/mol. The number of rotatable bonds is 4. The summed E-state index contributed by atoms with van der Waals surface area (Å²) < 4.78 is 0. The van der Waals surface area contributed by atoms with Crippen molar-refractivity contribution in [2.24, 2.45) is 5.92 Å². The zero-order valence-corrected chi connectivity index (χ0v) is 16.3. The molecule has 2 fully saturated rings. The lowest BCUT2D eigenvalue weighted by atomic mass is 9.95. The first kappa shape index (κ1) is 18.2. The Labute approximate surface area is 161 Å². The van der Waals surface area contributed by atoms with Crippen molar-refractivity contribution in [3.63, 3.8) is 0 Å². The van der Waals surface area contributed by atoms with E-state index in [2.05, 4.69) is 50.6 Å². The first-order valence-corrected chi connectivity index (χ1v) is 10.1. The molecule has 6 nitrogen and oxygen atoms in total. The van der Waals surface area contributed by atoms with Crippen molar-refractivity contribution in [2.75, 3.05) is 44.2 Å². The Morgan fingerprint density at radius 2 is 1.89 bits per heavy atom. The van der Waals surface area contributed by atoms with E-state index in [-0.39, 0.29) is 0 Å². The molecule has 144 valence electrons. The molecule has 2 aromatic rings. The van der Waals surface area contributed by atoms with Crippen LogP contribution in [0.4, 0.5) is 5.82 Å². The van der Waals surface area contributed by atoms with E-state index >= 15 is 0 Å². The van der Waals surface area contributed by atoms with Gasteiger partial charge < -0.3 is 9.80 Å². The molecule has 6 heteroatoms. The van der Waals surface area contributed by atoms with Crippen molar-refractivity contribution in [3.8, 4) is 0 Å². The highest BCUT2D eigenvalue weighted by Crippen LogP contribution is 2.25. The SMILES string of the molecule is CC(C)N1CC(CN2CCN(c3ncnc4ccccc34)CC2)CCC1=O. The fourth-order valence-electron chi connectivity index (χ4n) is 4.34. The highest BCUT2D eigenvalue weighted by molar-refractivity contribution is 5.89. The summed E-state index contributed by atoms with van der Waals surface area (Å²) in [5.74, 6) is 1.97. The predicted octanol–water partition coefficient (Wildman–Crippen LogP) is 2.40. The van der Waals surface area contributed by atoms with Crippen molar-refractivity contribution < 1.29 is 4.79 Å². The molecule has 1 unspecified atom stereocenters. The topological polar surface area (TPSA) is 52.6 Å². The normalized spacial score (nSPS) is 22.0. The van der Waals surface area contributed by atoms with Crippen LogP contribution in [-0.2, 0) is 4.79 Å². The second-order valence-electron chi connectivity index (χ2n) is 8.05. The predicted molar refractivity (Wildman–Crippen MR) is 108 cm³/mol. The number of fused-ring (bicyclic) bond motifs is 1. The van der Waals surface area contributed by atoms with E-state index in [4.69, 9.17) is 0 Å². The largest absolute Gasteiger partial charge is 0.353 e. The maximum absolute atomic E-state index is 12.1. The number of aromatic nitrogens is 2. The third-order valence-electron chi connectivity index (χ3n) is 5.88. The number of amides is 1. The number of carbonyl (C=O) groups excluding carboxylic acids is 1. The maximum Gasteiger partial charge on any atom is 0.222 e. The first-order valence-electron chi connectivity index (χ1n) is 10.1. The van der Waals surface area contributed by atoms with Crippen molar-refractivity contribution in [1.82, 2.24) is 19.8 Å². The number of hydrogen-bond donors (Lipinski definition) is 0. The monoisotopic (exact) mass is 367 g/mol. The van der Waals surface area contributed by atoms with E-state index in [1.165, 1.54) is 0 Å². The molecular weight excluding hydrogens is 338 g/mol. The maximum atomic E-state index is 12.1. The molecule has 3 heterocycles. The van der Waals surface area contributed by atoms with Crippen LogP contribution in [-0.4, -0.2) is 71.0 Å². The second kappa shape index (κ2) is 7.80. The van der Waals surface area contributed by atoms with Gasteiger partial charge in [0.25, 0.3) is 0 Å². The molecule has 1 atom stereocenters. The van der Waals surface area contributed by atoms with Gasteiger partial charge in [0.15, 0.2) is 0 Å². The zero-order valence-electron chi connectivity index (χ0n) is 16.3. The van der Waals surface area contributed by atoms with Crippen LogP contribution in [0.15, 0.2) is 30.6 Å². The van der Waals surface area contributed by atoms with Crippen molar-refractivity contribution in [1.29, 1.82) is 0 Å². The van der Waals surface area contributed by atoms with Crippen LogP contribution in [0.5, 0.6) is 0 Å². The summed E-state index contributed by atoms with van der Waals surface area (Å²) in [6.07, 6.45) is 3.40. The van der Waals surface area contributed by atoms with Gasteiger partial charge in [-0.3, -0.25) is 9.69 Å². The number of hydrogen-bond acceptors (Lipinski definition) is 5. The number of para-hydroxylation sites is 1. The van der Waals surface area contributed by atoms with Crippen molar-refractivity contribution in [2.45, 2.75) is 32.7 Å². The van der Waals surface area contributed by atoms with E-state index in [1.54, 1.807) is 6.33 Å². The van der Waals surface area contributed by atoms with Crippen LogP contribution in [0.3, 0.4) is 0 Å². The molecule has 4 rings (SSSR count). The summed E-state index contributed by atoms with van der Waals surface area (Å²) in [6.45, 7) is 10.3.